The molecule has 2 rings (SSSR count). The zero-order chi connectivity index (χ0) is 15.4. The zero-order valence-corrected chi connectivity index (χ0v) is 14.3. The van der Waals surface area contributed by atoms with Crippen molar-refractivity contribution in [2.24, 2.45) is 5.92 Å². The molecule has 1 atom stereocenters. The number of imidazole rings is 1. The van der Waals surface area contributed by atoms with Crippen LogP contribution in [-0.4, -0.2) is 22.8 Å². The van der Waals surface area contributed by atoms with E-state index in [2.05, 4.69) is 23.4 Å². The Morgan fingerprint density at radius 2 is 2.05 bits per heavy atom. The molecule has 0 N–H and O–H groups in total. The molecule has 1 aromatic heterocycles. The van der Waals surface area contributed by atoms with Crippen LogP contribution in [0.1, 0.15) is 38.4 Å². The number of alkyl halides is 1. The normalized spacial score (nSPS) is 13.2. The van der Waals surface area contributed by atoms with Gasteiger partial charge in [0.2, 0.25) is 0 Å². The minimum Gasteiger partial charge on any atom is -0.381 e. The third-order valence-electron chi connectivity index (χ3n) is 3.24. The Balaban J connectivity index is 2.13. The first-order valence-electron chi connectivity index (χ1n) is 7.37. The molecule has 5 heteroatoms. The van der Waals surface area contributed by atoms with Crippen LogP contribution in [0.25, 0.3) is 11.0 Å². The average Bonchev–Trinajstić information content (AvgIpc) is 2.79. The summed E-state index contributed by atoms with van der Waals surface area (Å²) in [6.07, 6.45) is 0.932. The second-order valence-electron chi connectivity index (χ2n) is 5.67. The predicted molar refractivity (Wildman–Crippen MR) is 89.3 cm³/mol. The third kappa shape index (κ3) is 4.12. The van der Waals surface area contributed by atoms with Crippen molar-refractivity contribution in [3.8, 4) is 0 Å². The quantitative estimate of drug-likeness (QED) is 0.525. The van der Waals surface area contributed by atoms with Crippen molar-refractivity contribution >= 4 is 34.2 Å². The van der Waals surface area contributed by atoms with E-state index in [1.807, 2.05) is 25.1 Å². The predicted octanol–water partition coefficient (Wildman–Crippen LogP) is 5.05. The number of nitrogens with zero attached hydrogens (tertiary/aromatic N) is 2. The van der Waals surface area contributed by atoms with Gasteiger partial charge in [-0.25, -0.2) is 4.98 Å². The number of fused-ring (bicyclic) bond motifs is 1. The van der Waals surface area contributed by atoms with Crippen LogP contribution < -0.4 is 0 Å². The van der Waals surface area contributed by atoms with E-state index in [-0.39, 0.29) is 5.38 Å². The van der Waals surface area contributed by atoms with Gasteiger partial charge in [0.25, 0.3) is 0 Å². The van der Waals surface area contributed by atoms with Crippen molar-refractivity contribution in [1.82, 2.24) is 9.55 Å². The highest BCUT2D eigenvalue weighted by Crippen LogP contribution is 2.28. The first-order chi connectivity index (χ1) is 10.0. The minimum atomic E-state index is -0.148. The van der Waals surface area contributed by atoms with Gasteiger partial charge >= 0.3 is 0 Å². The molecule has 0 aliphatic heterocycles. The summed E-state index contributed by atoms with van der Waals surface area (Å²) in [6, 6.07) is 5.84. The molecule has 0 saturated heterocycles. The molecular formula is C16H22Cl2N2O. The van der Waals surface area contributed by atoms with Crippen molar-refractivity contribution in [2.75, 3.05) is 13.2 Å². The maximum absolute atomic E-state index is 6.26. The van der Waals surface area contributed by atoms with Crippen molar-refractivity contribution in [3.05, 3.63) is 29.0 Å². The monoisotopic (exact) mass is 328 g/mol. The fraction of sp³-hybridized carbons (Fsp3) is 0.562. The van der Waals surface area contributed by atoms with Gasteiger partial charge in [-0.1, -0.05) is 31.5 Å². The van der Waals surface area contributed by atoms with Crippen LogP contribution >= 0.6 is 23.2 Å². The average molecular weight is 329 g/mol. The molecule has 0 amide bonds. The molecule has 116 valence electrons. The summed E-state index contributed by atoms with van der Waals surface area (Å²) in [6.45, 7) is 8.62. The first kappa shape index (κ1) is 16.6. The molecular weight excluding hydrogens is 307 g/mol. The van der Waals surface area contributed by atoms with Crippen molar-refractivity contribution in [1.29, 1.82) is 0 Å². The van der Waals surface area contributed by atoms with E-state index in [1.165, 1.54) is 0 Å². The molecule has 0 aliphatic carbocycles. The number of aromatic nitrogens is 2. The summed E-state index contributed by atoms with van der Waals surface area (Å²) in [5, 5.41) is 0.519. The Morgan fingerprint density at radius 3 is 2.71 bits per heavy atom. The smallest absolute Gasteiger partial charge is 0.127 e. The highest BCUT2D eigenvalue weighted by atomic mass is 35.5. The van der Waals surface area contributed by atoms with Gasteiger partial charge in [0, 0.05) is 19.8 Å². The maximum Gasteiger partial charge on any atom is 0.127 e. The van der Waals surface area contributed by atoms with E-state index in [9.17, 15) is 0 Å². The first-order valence-corrected chi connectivity index (χ1v) is 8.18. The summed E-state index contributed by atoms with van der Waals surface area (Å²) in [5.74, 6) is 1.43. The summed E-state index contributed by atoms with van der Waals surface area (Å²) in [5.41, 5.74) is 1.86. The van der Waals surface area contributed by atoms with Gasteiger partial charge in [-0.3, -0.25) is 0 Å². The van der Waals surface area contributed by atoms with Crippen LogP contribution in [0.15, 0.2) is 18.2 Å². The summed E-state index contributed by atoms with van der Waals surface area (Å²) in [7, 11) is 0. The zero-order valence-electron chi connectivity index (χ0n) is 12.8. The lowest BCUT2D eigenvalue weighted by molar-refractivity contribution is 0.105. The van der Waals surface area contributed by atoms with Gasteiger partial charge in [-0.05, 0) is 31.4 Å². The van der Waals surface area contributed by atoms with Gasteiger partial charge in [-0.2, -0.15) is 0 Å². The van der Waals surface area contributed by atoms with Crippen LogP contribution in [0, 0.1) is 5.92 Å². The molecule has 0 saturated carbocycles. The fourth-order valence-corrected chi connectivity index (χ4v) is 2.69. The maximum atomic E-state index is 6.26. The largest absolute Gasteiger partial charge is 0.381 e. The van der Waals surface area contributed by atoms with Crippen LogP contribution in [0.3, 0.4) is 0 Å². The molecule has 0 radical (unpaired) electrons. The van der Waals surface area contributed by atoms with E-state index in [1.54, 1.807) is 0 Å². The minimum absolute atomic E-state index is 0.148. The van der Waals surface area contributed by atoms with Crippen LogP contribution in [0.4, 0.5) is 0 Å². The molecule has 2 aromatic rings. The van der Waals surface area contributed by atoms with Crippen molar-refractivity contribution in [3.63, 3.8) is 0 Å². The van der Waals surface area contributed by atoms with E-state index >= 15 is 0 Å². The number of hydrogen-bond acceptors (Lipinski definition) is 2. The molecule has 0 aliphatic rings. The lowest BCUT2D eigenvalue weighted by Gasteiger charge is -2.11. The van der Waals surface area contributed by atoms with Crippen LogP contribution in [0.5, 0.6) is 0 Å². The molecule has 3 nitrogen and oxygen atoms in total. The molecule has 1 heterocycles. The van der Waals surface area contributed by atoms with E-state index < -0.39 is 0 Å². The van der Waals surface area contributed by atoms with Crippen molar-refractivity contribution in [2.45, 2.75) is 39.1 Å². The van der Waals surface area contributed by atoms with Crippen LogP contribution in [-0.2, 0) is 11.3 Å². The fourth-order valence-electron chi connectivity index (χ4n) is 2.31. The number of para-hydroxylation sites is 1. The van der Waals surface area contributed by atoms with Gasteiger partial charge in [0.05, 0.1) is 15.9 Å². The highest BCUT2D eigenvalue weighted by molar-refractivity contribution is 6.35. The Bertz CT molecular complexity index is 593. The number of benzene rings is 1. The summed E-state index contributed by atoms with van der Waals surface area (Å²) in [4.78, 5) is 4.60. The van der Waals surface area contributed by atoms with E-state index in [0.29, 0.717) is 10.9 Å². The van der Waals surface area contributed by atoms with Gasteiger partial charge < -0.3 is 9.30 Å². The molecule has 0 fully saturated rings. The number of rotatable bonds is 7. The lowest BCUT2D eigenvalue weighted by Crippen LogP contribution is -2.09. The Kier molecular flexibility index (Phi) is 5.91. The Labute approximate surface area is 136 Å². The number of aryl methyl sites for hydroxylation is 1. The van der Waals surface area contributed by atoms with E-state index in [4.69, 9.17) is 27.9 Å². The summed E-state index contributed by atoms with van der Waals surface area (Å²) >= 11 is 12.5. The second-order valence-corrected chi connectivity index (χ2v) is 6.73. The summed E-state index contributed by atoms with van der Waals surface area (Å²) < 4.78 is 7.79. The highest BCUT2D eigenvalue weighted by Gasteiger charge is 2.16. The van der Waals surface area contributed by atoms with Gasteiger partial charge in [-0.15, -0.1) is 11.6 Å². The Hall–Kier alpha value is -0.770. The SMILES string of the molecule is CC(C)COCCCn1c(C(C)Cl)nc2c(Cl)cccc21. The molecule has 1 aromatic carbocycles. The van der Waals surface area contributed by atoms with Gasteiger partial charge in [0.1, 0.15) is 11.3 Å². The molecule has 1 unspecified atom stereocenters. The number of hydrogen-bond donors (Lipinski definition) is 0. The lowest BCUT2D eigenvalue weighted by atomic mass is 10.2. The topological polar surface area (TPSA) is 27.1 Å². The molecule has 0 spiro atoms. The van der Waals surface area contributed by atoms with E-state index in [0.717, 1.165) is 43.0 Å². The standard InChI is InChI=1S/C16H22Cl2N2O/c1-11(2)10-21-9-5-8-20-14-7-4-6-13(18)15(14)19-16(20)12(3)17/h4,6-7,11-12H,5,8-10H2,1-3H3. The van der Waals surface area contributed by atoms with Crippen molar-refractivity contribution < 1.29 is 4.74 Å². The molecule has 0 bridgehead atoms. The number of ether oxygens (including phenoxy) is 1. The van der Waals surface area contributed by atoms with Gasteiger partial charge in [0.15, 0.2) is 0 Å². The Morgan fingerprint density at radius 1 is 1.29 bits per heavy atom. The third-order valence-corrected chi connectivity index (χ3v) is 3.74. The second kappa shape index (κ2) is 7.48. The molecule has 21 heavy (non-hydrogen) atoms. The van der Waals surface area contributed by atoms with Crippen LogP contribution in [0.2, 0.25) is 5.02 Å². The number of halogens is 2.